The summed E-state index contributed by atoms with van der Waals surface area (Å²) in [6, 6.07) is 4.00. The molecule has 3 heteroatoms. The molecule has 2 rings (SSSR count). The van der Waals surface area contributed by atoms with Crippen molar-refractivity contribution in [1.29, 1.82) is 0 Å². The monoisotopic (exact) mass is 164 g/mol. The standard InChI is InChI=1S/C8H8N2S/c1-6-10-8(5-11-6)7-3-2-4-9-7/h2-5,9H,1H3. The van der Waals surface area contributed by atoms with E-state index in [-0.39, 0.29) is 0 Å². The van der Waals surface area contributed by atoms with Crippen molar-refractivity contribution in [2.75, 3.05) is 0 Å². The van der Waals surface area contributed by atoms with E-state index in [0.717, 1.165) is 16.4 Å². The Hall–Kier alpha value is -1.09. The highest BCUT2D eigenvalue weighted by Crippen LogP contribution is 2.18. The van der Waals surface area contributed by atoms with Gasteiger partial charge in [0.15, 0.2) is 0 Å². The molecule has 2 heterocycles. The molecule has 2 nitrogen and oxygen atoms in total. The summed E-state index contributed by atoms with van der Waals surface area (Å²) in [5.74, 6) is 0. The zero-order valence-corrected chi connectivity index (χ0v) is 6.98. The average molecular weight is 164 g/mol. The van der Waals surface area contributed by atoms with E-state index in [2.05, 4.69) is 15.3 Å². The molecule has 0 amide bonds. The summed E-state index contributed by atoms with van der Waals surface area (Å²) >= 11 is 1.67. The summed E-state index contributed by atoms with van der Waals surface area (Å²) in [5.41, 5.74) is 2.13. The number of nitrogens with zero attached hydrogens (tertiary/aromatic N) is 1. The van der Waals surface area contributed by atoms with E-state index in [4.69, 9.17) is 0 Å². The van der Waals surface area contributed by atoms with Crippen LogP contribution in [0.25, 0.3) is 11.4 Å². The molecule has 0 atom stereocenters. The second-order valence-electron chi connectivity index (χ2n) is 2.34. The maximum absolute atomic E-state index is 4.34. The van der Waals surface area contributed by atoms with Crippen LogP contribution in [0.1, 0.15) is 5.01 Å². The van der Waals surface area contributed by atoms with Crippen LogP contribution in [-0.2, 0) is 0 Å². The van der Waals surface area contributed by atoms with Gasteiger partial charge >= 0.3 is 0 Å². The first-order chi connectivity index (χ1) is 5.36. The maximum Gasteiger partial charge on any atom is 0.0976 e. The lowest BCUT2D eigenvalue weighted by molar-refractivity contribution is 1.27. The number of hydrogen-bond acceptors (Lipinski definition) is 2. The molecule has 0 bridgehead atoms. The van der Waals surface area contributed by atoms with Crippen molar-refractivity contribution in [3.63, 3.8) is 0 Å². The molecule has 0 unspecified atom stereocenters. The van der Waals surface area contributed by atoms with Gasteiger partial charge < -0.3 is 4.98 Å². The molecule has 0 aliphatic heterocycles. The molecule has 56 valence electrons. The van der Waals surface area contributed by atoms with Gasteiger partial charge in [-0.1, -0.05) is 0 Å². The largest absolute Gasteiger partial charge is 0.360 e. The number of hydrogen-bond donors (Lipinski definition) is 1. The fourth-order valence-corrected chi connectivity index (χ4v) is 1.59. The highest BCUT2D eigenvalue weighted by molar-refractivity contribution is 7.09. The first-order valence-electron chi connectivity index (χ1n) is 3.42. The van der Waals surface area contributed by atoms with Gasteiger partial charge in [-0.25, -0.2) is 4.98 Å². The Labute approximate surface area is 68.9 Å². The van der Waals surface area contributed by atoms with Crippen LogP contribution in [0.2, 0.25) is 0 Å². The molecule has 0 fully saturated rings. The minimum absolute atomic E-state index is 1.04. The van der Waals surface area contributed by atoms with Gasteiger partial charge in [-0.3, -0.25) is 0 Å². The van der Waals surface area contributed by atoms with E-state index in [1.807, 2.05) is 25.3 Å². The van der Waals surface area contributed by atoms with E-state index < -0.39 is 0 Å². The number of H-pyrrole nitrogens is 1. The highest BCUT2D eigenvalue weighted by Gasteiger charge is 2.00. The Bertz CT molecular complexity index is 335. The number of aromatic amines is 1. The van der Waals surface area contributed by atoms with Crippen LogP contribution in [0.3, 0.4) is 0 Å². The maximum atomic E-state index is 4.34. The lowest BCUT2D eigenvalue weighted by atomic mass is 10.3. The molecule has 0 aromatic carbocycles. The summed E-state index contributed by atoms with van der Waals surface area (Å²) < 4.78 is 0. The number of nitrogens with one attached hydrogen (secondary N) is 1. The van der Waals surface area contributed by atoms with E-state index in [1.165, 1.54) is 0 Å². The first-order valence-corrected chi connectivity index (χ1v) is 4.30. The molecule has 11 heavy (non-hydrogen) atoms. The third-order valence-electron chi connectivity index (χ3n) is 1.49. The zero-order chi connectivity index (χ0) is 7.68. The summed E-state index contributed by atoms with van der Waals surface area (Å²) in [6.45, 7) is 2.01. The van der Waals surface area contributed by atoms with Crippen molar-refractivity contribution in [2.24, 2.45) is 0 Å². The predicted molar refractivity (Wildman–Crippen MR) is 46.6 cm³/mol. The molecule has 2 aromatic heterocycles. The summed E-state index contributed by atoms with van der Waals surface area (Å²) in [6.07, 6.45) is 1.91. The molecule has 0 radical (unpaired) electrons. The fourth-order valence-electron chi connectivity index (χ4n) is 0.977. The van der Waals surface area contributed by atoms with Gasteiger partial charge in [0.05, 0.1) is 16.4 Å². The predicted octanol–water partition coefficient (Wildman–Crippen LogP) is 2.45. The highest BCUT2D eigenvalue weighted by atomic mass is 32.1. The molecule has 0 aliphatic carbocycles. The quantitative estimate of drug-likeness (QED) is 0.689. The van der Waals surface area contributed by atoms with Crippen molar-refractivity contribution in [3.05, 3.63) is 28.7 Å². The Kier molecular flexibility index (Phi) is 1.51. The van der Waals surface area contributed by atoms with Crippen LogP contribution in [0.4, 0.5) is 0 Å². The van der Waals surface area contributed by atoms with Crippen LogP contribution >= 0.6 is 11.3 Å². The van der Waals surface area contributed by atoms with Gasteiger partial charge in [-0.2, -0.15) is 0 Å². The number of thiazole rings is 1. The van der Waals surface area contributed by atoms with E-state index in [1.54, 1.807) is 11.3 Å². The molecular formula is C8H8N2S. The number of rotatable bonds is 1. The minimum atomic E-state index is 1.04. The lowest BCUT2D eigenvalue weighted by Gasteiger charge is -1.86. The van der Waals surface area contributed by atoms with Gasteiger partial charge in [0.25, 0.3) is 0 Å². The smallest absolute Gasteiger partial charge is 0.0976 e. The van der Waals surface area contributed by atoms with Crippen LogP contribution in [0.5, 0.6) is 0 Å². The van der Waals surface area contributed by atoms with Crippen LogP contribution < -0.4 is 0 Å². The molecular weight excluding hydrogens is 156 g/mol. The third-order valence-corrected chi connectivity index (χ3v) is 2.27. The normalized spacial score (nSPS) is 10.3. The summed E-state index contributed by atoms with van der Waals surface area (Å²) in [5, 5.41) is 3.16. The zero-order valence-electron chi connectivity index (χ0n) is 6.16. The third kappa shape index (κ3) is 1.19. The molecule has 1 N–H and O–H groups in total. The summed E-state index contributed by atoms with van der Waals surface area (Å²) in [4.78, 5) is 7.45. The molecule has 0 spiro atoms. The average Bonchev–Trinajstić information content (AvgIpc) is 2.55. The Morgan fingerprint density at radius 2 is 2.45 bits per heavy atom. The second-order valence-corrected chi connectivity index (χ2v) is 3.40. The van der Waals surface area contributed by atoms with E-state index in [0.29, 0.717) is 0 Å². The van der Waals surface area contributed by atoms with Crippen LogP contribution in [0, 0.1) is 6.92 Å². The van der Waals surface area contributed by atoms with E-state index in [9.17, 15) is 0 Å². The summed E-state index contributed by atoms with van der Waals surface area (Å²) in [7, 11) is 0. The topological polar surface area (TPSA) is 28.7 Å². The van der Waals surface area contributed by atoms with Crippen molar-refractivity contribution in [3.8, 4) is 11.4 Å². The number of aryl methyl sites for hydroxylation is 1. The van der Waals surface area contributed by atoms with Crippen molar-refractivity contribution >= 4 is 11.3 Å². The van der Waals surface area contributed by atoms with Crippen molar-refractivity contribution in [2.45, 2.75) is 6.92 Å². The minimum Gasteiger partial charge on any atom is -0.360 e. The Morgan fingerprint density at radius 3 is 3.00 bits per heavy atom. The molecule has 0 saturated carbocycles. The van der Waals surface area contributed by atoms with Crippen LogP contribution in [-0.4, -0.2) is 9.97 Å². The van der Waals surface area contributed by atoms with Gasteiger partial charge in [0, 0.05) is 11.6 Å². The van der Waals surface area contributed by atoms with E-state index >= 15 is 0 Å². The number of aromatic nitrogens is 2. The molecule has 0 aliphatic rings. The van der Waals surface area contributed by atoms with Gasteiger partial charge in [0.2, 0.25) is 0 Å². The van der Waals surface area contributed by atoms with Gasteiger partial charge in [-0.15, -0.1) is 11.3 Å². The molecule has 0 saturated heterocycles. The Morgan fingerprint density at radius 1 is 1.55 bits per heavy atom. The van der Waals surface area contributed by atoms with Crippen molar-refractivity contribution in [1.82, 2.24) is 9.97 Å². The second kappa shape index (κ2) is 2.51. The van der Waals surface area contributed by atoms with Gasteiger partial charge in [0.1, 0.15) is 0 Å². The fraction of sp³-hybridized carbons (Fsp3) is 0.125. The van der Waals surface area contributed by atoms with Crippen molar-refractivity contribution < 1.29 is 0 Å². The SMILES string of the molecule is Cc1nc(-c2ccc[nH]2)cs1. The Balaban J connectivity index is 2.45. The lowest BCUT2D eigenvalue weighted by Crippen LogP contribution is -1.75. The first kappa shape index (κ1) is 6.61. The molecule has 2 aromatic rings. The van der Waals surface area contributed by atoms with Gasteiger partial charge in [-0.05, 0) is 19.1 Å². The van der Waals surface area contributed by atoms with Crippen LogP contribution in [0.15, 0.2) is 23.7 Å².